The highest BCUT2D eigenvalue weighted by molar-refractivity contribution is 7.13. The summed E-state index contributed by atoms with van der Waals surface area (Å²) in [6.07, 6.45) is 0. The van der Waals surface area contributed by atoms with Crippen molar-refractivity contribution in [2.75, 3.05) is 33.2 Å². The van der Waals surface area contributed by atoms with E-state index in [0.29, 0.717) is 13.1 Å². The van der Waals surface area contributed by atoms with Gasteiger partial charge in [0.05, 0.1) is 20.9 Å². The van der Waals surface area contributed by atoms with E-state index in [0.717, 1.165) is 0 Å². The Bertz CT molecular complexity index is 136. The van der Waals surface area contributed by atoms with Gasteiger partial charge in [-0.05, 0) is 7.05 Å². The van der Waals surface area contributed by atoms with Gasteiger partial charge in [0.15, 0.2) is 0 Å². The van der Waals surface area contributed by atoms with Crippen LogP contribution in [0.4, 0.5) is 8.78 Å². The molecule has 0 bridgehead atoms. The van der Waals surface area contributed by atoms with Gasteiger partial charge in [0, 0.05) is 13.1 Å². The second-order valence-electron chi connectivity index (χ2n) is 3.06. The summed E-state index contributed by atoms with van der Waals surface area (Å²) in [5.41, 5.74) is 0. The Kier molecular flexibility index (Phi) is 11.2. The lowest BCUT2D eigenvalue weighted by atomic mass is 10.2. The van der Waals surface area contributed by atoms with Gasteiger partial charge < -0.3 is 0 Å². The van der Waals surface area contributed by atoms with Gasteiger partial charge in [-0.2, -0.15) is 0 Å². The Labute approximate surface area is 96.1 Å². The van der Waals surface area contributed by atoms with Gasteiger partial charge in [-0.1, -0.05) is 30.1 Å². The second-order valence-corrected chi connectivity index (χ2v) is 3.79. The molecule has 0 aromatic heterocycles. The van der Waals surface area contributed by atoms with E-state index in [9.17, 15) is 8.78 Å². The fourth-order valence-corrected chi connectivity index (χ4v) is 1.58. The molecule has 1 fully saturated rings. The molecule has 0 amide bonds. The minimum atomic E-state index is -2.56. The molecule has 6 heteroatoms. The molecule has 2 radical (unpaired) electrons. The van der Waals surface area contributed by atoms with Crippen LogP contribution in [0.5, 0.6) is 0 Å². The molecule has 1 aliphatic rings. The van der Waals surface area contributed by atoms with Gasteiger partial charge >= 0.3 is 0 Å². The first kappa shape index (κ1) is 17.7. The third-order valence-corrected chi connectivity index (χ3v) is 2.15. The number of alkyl halides is 2. The Morgan fingerprint density at radius 3 is 2.07 bits per heavy atom. The summed E-state index contributed by atoms with van der Waals surface area (Å²) in [5, 5.41) is 0. The van der Waals surface area contributed by atoms with E-state index >= 15 is 0 Å². The smallest absolute Gasteiger partial charge is 0.273 e. The van der Waals surface area contributed by atoms with Crippen molar-refractivity contribution in [2.24, 2.45) is 0 Å². The Hall–Kier alpha value is 0.275. The summed E-state index contributed by atoms with van der Waals surface area (Å²) in [6.45, 7) is 6.62. The highest BCUT2D eigenvalue weighted by Crippen LogP contribution is 2.20. The molecule has 0 saturated carbocycles. The minimum absolute atomic E-state index is 0.127. The van der Waals surface area contributed by atoms with Crippen LogP contribution in [-0.4, -0.2) is 56.6 Å². The van der Waals surface area contributed by atoms with E-state index < -0.39 is 5.92 Å². The van der Waals surface area contributed by atoms with Crippen LogP contribution in [0.2, 0.25) is 6.82 Å². The molecule has 1 unspecified atom stereocenters. The molecular formula is C9H22BF2N2P. The summed E-state index contributed by atoms with van der Waals surface area (Å²) in [6, 6.07) is 0. The van der Waals surface area contributed by atoms with Crippen LogP contribution in [0, 0.1) is 0 Å². The Morgan fingerprint density at radius 1 is 1.13 bits per heavy atom. The summed E-state index contributed by atoms with van der Waals surface area (Å²) < 4.78 is 27.3. The largest absolute Gasteiger partial charge is 0.299 e. The average molecular weight is 238 g/mol. The van der Waals surface area contributed by atoms with Crippen LogP contribution in [-0.2, 0) is 0 Å². The minimum Gasteiger partial charge on any atom is -0.299 e. The highest BCUT2D eigenvalue weighted by atomic mass is 31.0. The van der Waals surface area contributed by atoms with Crippen LogP contribution < -0.4 is 0 Å². The molecule has 1 heterocycles. The monoisotopic (exact) mass is 238 g/mol. The molecule has 1 atom stereocenters. The summed E-state index contributed by atoms with van der Waals surface area (Å²) in [4.78, 5) is 1.66. The zero-order valence-corrected chi connectivity index (χ0v) is 11.3. The number of hydrogen-bond acceptors (Lipinski definition) is 2. The molecule has 0 aromatic rings. The van der Waals surface area contributed by atoms with Crippen molar-refractivity contribution in [2.45, 2.75) is 26.6 Å². The van der Waals surface area contributed by atoms with Gasteiger partial charge in [0.25, 0.3) is 5.92 Å². The van der Waals surface area contributed by atoms with Crippen LogP contribution in [0.15, 0.2) is 0 Å². The van der Waals surface area contributed by atoms with Crippen LogP contribution in [0.25, 0.3) is 0 Å². The van der Waals surface area contributed by atoms with E-state index in [1.54, 1.807) is 16.6 Å². The van der Waals surface area contributed by atoms with Crippen LogP contribution >= 0.6 is 9.39 Å². The molecule has 2 nitrogen and oxygen atoms in total. The van der Waals surface area contributed by atoms with E-state index in [-0.39, 0.29) is 13.1 Å². The predicted octanol–water partition coefficient (Wildman–Crippen LogP) is 1.89. The van der Waals surface area contributed by atoms with Crippen molar-refractivity contribution >= 4 is 17.2 Å². The lowest BCUT2D eigenvalue weighted by Gasteiger charge is -2.19. The van der Waals surface area contributed by atoms with Crippen molar-refractivity contribution in [1.82, 2.24) is 9.57 Å². The van der Waals surface area contributed by atoms with Gasteiger partial charge in [-0.25, -0.2) is 8.78 Å². The van der Waals surface area contributed by atoms with Crippen molar-refractivity contribution < 1.29 is 8.78 Å². The van der Waals surface area contributed by atoms with Gasteiger partial charge in [-0.15, -0.1) is 0 Å². The number of halogens is 2. The zero-order valence-electron chi connectivity index (χ0n) is 10.1. The SMILES string of the molecule is CC.CN1CCN(P)CC(F)(F)C1.[B]C. The van der Waals surface area contributed by atoms with Crippen molar-refractivity contribution in [1.29, 1.82) is 0 Å². The van der Waals surface area contributed by atoms with Gasteiger partial charge in [0.1, 0.15) is 0 Å². The summed E-state index contributed by atoms with van der Waals surface area (Å²) in [7, 11) is 8.54. The molecule has 0 aromatic carbocycles. The third-order valence-electron chi connectivity index (χ3n) is 1.70. The topological polar surface area (TPSA) is 6.48 Å². The Balaban J connectivity index is 0. The number of likely N-dealkylation sites (N-methyl/N-ethyl adjacent to an activating group) is 1. The first-order valence-electron chi connectivity index (χ1n) is 5.13. The summed E-state index contributed by atoms with van der Waals surface area (Å²) >= 11 is 0. The number of hydrogen-bond donors (Lipinski definition) is 0. The maximum Gasteiger partial charge on any atom is 0.273 e. The quantitative estimate of drug-likeness (QED) is 0.469. The van der Waals surface area contributed by atoms with E-state index in [1.165, 1.54) is 6.82 Å². The second kappa shape index (κ2) is 9.50. The molecule has 1 rings (SSSR count). The lowest BCUT2D eigenvalue weighted by Crippen LogP contribution is -2.36. The molecule has 15 heavy (non-hydrogen) atoms. The molecular weight excluding hydrogens is 216 g/mol. The lowest BCUT2D eigenvalue weighted by molar-refractivity contribution is -0.0224. The number of rotatable bonds is 0. The van der Waals surface area contributed by atoms with Gasteiger partial charge in [0.2, 0.25) is 0 Å². The van der Waals surface area contributed by atoms with Crippen LogP contribution in [0.1, 0.15) is 13.8 Å². The van der Waals surface area contributed by atoms with Crippen LogP contribution in [0.3, 0.4) is 0 Å². The molecule has 90 valence electrons. The fraction of sp³-hybridized carbons (Fsp3) is 1.00. The standard InChI is InChI=1S/C6H13F2N2P.C2H6.CH3B/c1-9-2-3-10(11)5-6(7,8)4-9;2*1-2/h2-5,11H2,1H3;1-2H3;1H3. The maximum atomic E-state index is 12.9. The molecule has 1 aliphatic heterocycles. The first-order valence-corrected chi connectivity index (χ1v) is 5.65. The molecule has 1 saturated heterocycles. The van der Waals surface area contributed by atoms with E-state index in [4.69, 9.17) is 0 Å². The average Bonchev–Trinajstić information content (AvgIpc) is 2.30. The highest BCUT2D eigenvalue weighted by Gasteiger charge is 2.34. The first-order chi connectivity index (χ1) is 6.99. The van der Waals surface area contributed by atoms with E-state index in [1.807, 2.05) is 13.8 Å². The fourth-order valence-electron chi connectivity index (χ4n) is 1.20. The third kappa shape index (κ3) is 9.22. The summed E-state index contributed by atoms with van der Waals surface area (Å²) in [5.74, 6) is -2.56. The molecule has 0 N–H and O–H groups in total. The zero-order chi connectivity index (χ0) is 12.5. The van der Waals surface area contributed by atoms with Crippen molar-refractivity contribution in [3.63, 3.8) is 0 Å². The molecule has 0 aliphatic carbocycles. The van der Waals surface area contributed by atoms with Gasteiger partial charge in [-0.3, -0.25) is 9.57 Å². The van der Waals surface area contributed by atoms with Crippen molar-refractivity contribution in [3.8, 4) is 0 Å². The van der Waals surface area contributed by atoms with Crippen molar-refractivity contribution in [3.05, 3.63) is 0 Å². The molecule has 0 spiro atoms. The number of nitrogens with zero attached hydrogens (tertiary/aromatic N) is 2. The predicted molar refractivity (Wildman–Crippen MR) is 66.7 cm³/mol. The Morgan fingerprint density at radius 2 is 1.60 bits per heavy atom. The normalized spacial score (nSPS) is 21.5. The maximum absolute atomic E-state index is 12.9. The van der Waals surface area contributed by atoms with E-state index in [2.05, 4.69) is 17.2 Å².